The van der Waals surface area contributed by atoms with E-state index < -0.39 is 0 Å². The van der Waals surface area contributed by atoms with Crippen LogP contribution in [0.25, 0.3) is 10.7 Å². The van der Waals surface area contributed by atoms with Gasteiger partial charge >= 0.3 is 0 Å². The minimum Gasteiger partial charge on any atom is -0.349 e. The molecule has 0 fully saturated rings. The van der Waals surface area contributed by atoms with Crippen LogP contribution in [0.2, 0.25) is 0 Å². The van der Waals surface area contributed by atoms with E-state index in [1.165, 1.54) is 5.56 Å². The predicted molar refractivity (Wildman–Crippen MR) is 88.0 cm³/mol. The average molecular weight is 366 g/mol. The van der Waals surface area contributed by atoms with E-state index in [1.807, 2.05) is 19.3 Å². The van der Waals surface area contributed by atoms with Gasteiger partial charge in [0, 0.05) is 23.5 Å². The van der Waals surface area contributed by atoms with Crippen LogP contribution < -0.4 is 0 Å². The van der Waals surface area contributed by atoms with Crippen molar-refractivity contribution in [3.63, 3.8) is 0 Å². The van der Waals surface area contributed by atoms with Crippen molar-refractivity contribution in [2.24, 2.45) is 7.05 Å². The average Bonchev–Trinajstić information content (AvgIpc) is 3.06. The first-order valence-electron chi connectivity index (χ1n) is 6.05. The van der Waals surface area contributed by atoms with Gasteiger partial charge in [-0.15, -0.1) is 10.2 Å². The second-order valence-corrected chi connectivity index (χ2v) is 7.41. The number of nitrogens with zero attached hydrogens (tertiary/aromatic N) is 3. The first kappa shape index (κ1) is 13.9. The summed E-state index contributed by atoms with van der Waals surface area (Å²) in [7, 11) is 2.02. The van der Waals surface area contributed by atoms with Gasteiger partial charge in [0.2, 0.25) is 0 Å². The summed E-state index contributed by atoms with van der Waals surface area (Å²) in [6.07, 6.45) is 2.02. The molecule has 0 aliphatic rings. The van der Waals surface area contributed by atoms with Crippen molar-refractivity contribution >= 4 is 39.0 Å². The highest BCUT2D eigenvalue weighted by atomic mass is 79.9. The summed E-state index contributed by atoms with van der Waals surface area (Å²) in [5.74, 6) is 0.912. The molecule has 0 atom stereocenters. The lowest BCUT2D eigenvalue weighted by Crippen LogP contribution is -1.87. The Morgan fingerprint density at radius 2 is 2.00 bits per heavy atom. The first-order chi connectivity index (χ1) is 9.72. The monoisotopic (exact) mass is 365 g/mol. The number of rotatable bonds is 4. The summed E-state index contributed by atoms with van der Waals surface area (Å²) in [6.45, 7) is 0. The molecule has 0 saturated heterocycles. The summed E-state index contributed by atoms with van der Waals surface area (Å²) < 4.78 is 4.17. The normalized spacial score (nSPS) is 10.9. The van der Waals surface area contributed by atoms with Crippen molar-refractivity contribution in [1.82, 2.24) is 14.8 Å². The molecule has 0 bridgehead atoms. The molecule has 0 radical (unpaired) electrons. The fraction of sp³-hybridized carbons (Fsp3) is 0.143. The van der Waals surface area contributed by atoms with Gasteiger partial charge in [0.25, 0.3) is 0 Å². The summed E-state index contributed by atoms with van der Waals surface area (Å²) in [6, 6.07) is 12.4. The van der Waals surface area contributed by atoms with Crippen LogP contribution in [0.4, 0.5) is 0 Å². The molecule has 0 unspecified atom stereocenters. The second-order valence-electron chi connectivity index (χ2n) is 4.29. The largest absolute Gasteiger partial charge is 0.349 e. The Morgan fingerprint density at radius 3 is 2.70 bits per heavy atom. The van der Waals surface area contributed by atoms with E-state index in [2.05, 4.69) is 61.0 Å². The van der Waals surface area contributed by atoms with Gasteiger partial charge in [-0.2, -0.15) is 0 Å². The smallest absolute Gasteiger partial charge is 0.175 e. The second kappa shape index (κ2) is 6.11. The van der Waals surface area contributed by atoms with Crippen LogP contribution in [-0.4, -0.2) is 14.8 Å². The van der Waals surface area contributed by atoms with E-state index in [9.17, 15) is 0 Å². The van der Waals surface area contributed by atoms with Crippen molar-refractivity contribution in [3.8, 4) is 10.7 Å². The van der Waals surface area contributed by atoms with E-state index in [-0.39, 0.29) is 0 Å². The highest BCUT2D eigenvalue weighted by Gasteiger charge is 2.09. The minimum atomic E-state index is 0.912. The molecule has 2 aromatic heterocycles. The highest BCUT2D eigenvalue weighted by molar-refractivity contribution is 9.10. The SMILES string of the molecule is Cn1cccc1-c1nnc(SCc2ccc(Br)cc2)s1. The van der Waals surface area contributed by atoms with Crippen LogP contribution in [0.15, 0.2) is 51.4 Å². The number of hydrogen-bond donors (Lipinski definition) is 0. The standard InChI is InChI=1S/C14H12BrN3S2/c1-18-8-2-3-12(18)13-16-17-14(20-13)19-9-10-4-6-11(15)7-5-10/h2-8H,9H2,1H3. The Balaban J connectivity index is 1.69. The molecular formula is C14H12BrN3S2. The molecule has 2 heterocycles. The third-order valence-electron chi connectivity index (χ3n) is 2.84. The van der Waals surface area contributed by atoms with Gasteiger partial charge in [0.15, 0.2) is 9.35 Å². The van der Waals surface area contributed by atoms with Gasteiger partial charge in [-0.25, -0.2) is 0 Å². The van der Waals surface area contributed by atoms with Gasteiger partial charge in [0.1, 0.15) is 0 Å². The lowest BCUT2D eigenvalue weighted by Gasteiger charge is -1.98. The Bertz CT molecular complexity index is 703. The van der Waals surface area contributed by atoms with Gasteiger partial charge in [-0.1, -0.05) is 51.2 Å². The quantitative estimate of drug-likeness (QED) is 0.633. The maximum absolute atomic E-state index is 4.27. The zero-order valence-electron chi connectivity index (χ0n) is 10.8. The van der Waals surface area contributed by atoms with Crippen LogP contribution in [0.5, 0.6) is 0 Å². The van der Waals surface area contributed by atoms with Gasteiger partial charge in [-0.05, 0) is 29.8 Å². The van der Waals surface area contributed by atoms with Crippen molar-refractivity contribution in [1.29, 1.82) is 0 Å². The van der Waals surface area contributed by atoms with Crippen molar-refractivity contribution in [2.45, 2.75) is 10.1 Å². The van der Waals surface area contributed by atoms with E-state index in [0.717, 1.165) is 25.3 Å². The maximum atomic E-state index is 4.27. The molecule has 3 rings (SSSR count). The van der Waals surface area contributed by atoms with E-state index >= 15 is 0 Å². The maximum Gasteiger partial charge on any atom is 0.175 e. The van der Waals surface area contributed by atoms with E-state index in [4.69, 9.17) is 0 Å². The summed E-state index contributed by atoms with van der Waals surface area (Å²) in [4.78, 5) is 0. The Kier molecular flexibility index (Phi) is 4.24. The summed E-state index contributed by atoms with van der Waals surface area (Å²) >= 11 is 6.81. The molecule has 20 heavy (non-hydrogen) atoms. The zero-order chi connectivity index (χ0) is 13.9. The first-order valence-corrected chi connectivity index (χ1v) is 8.64. The van der Waals surface area contributed by atoms with Crippen molar-refractivity contribution < 1.29 is 0 Å². The van der Waals surface area contributed by atoms with Crippen LogP contribution in [0, 0.1) is 0 Å². The van der Waals surface area contributed by atoms with Crippen LogP contribution >= 0.6 is 39.0 Å². The Labute approximate surface area is 134 Å². The molecule has 0 aliphatic heterocycles. The molecule has 6 heteroatoms. The molecule has 0 amide bonds. The van der Waals surface area contributed by atoms with Crippen LogP contribution in [0.1, 0.15) is 5.56 Å². The molecule has 0 spiro atoms. The molecule has 3 aromatic rings. The minimum absolute atomic E-state index is 0.912. The fourth-order valence-corrected chi connectivity index (χ4v) is 3.92. The van der Waals surface area contributed by atoms with E-state index in [0.29, 0.717) is 0 Å². The molecule has 3 nitrogen and oxygen atoms in total. The van der Waals surface area contributed by atoms with E-state index in [1.54, 1.807) is 23.1 Å². The molecular weight excluding hydrogens is 354 g/mol. The zero-order valence-corrected chi connectivity index (χ0v) is 14.0. The summed E-state index contributed by atoms with van der Waals surface area (Å²) in [5, 5.41) is 9.49. The molecule has 0 saturated carbocycles. The van der Waals surface area contributed by atoms with Gasteiger partial charge < -0.3 is 4.57 Å². The van der Waals surface area contributed by atoms with Gasteiger partial charge in [-0.3, -0.25) is 0 Å². The number of halogens is 1. The molecule has 1 aromatic carbocycles. The van der Waals surface area contributed by atoms with Crippen LogP contribution in [0.3, 0.4) is 0 Å². The third-order valence-corrected chi connectivity index (χ3v) is 5.52. The van der Waals surface area contributed by atoms with Gasteiger partial charge in [0.05, 0.1) is 5.69 Å². The molecule has 0 N–H and O–H groups in total. The predicted octanol–water partition coefficient (Wildman–Crippen LogP) is 4.60. The topological polar surface area (TPSA) is 30.7 Å². The van der Waals surface area contributed by atoms with Crippen molar-refractivity contribution in [3.05, 3.63) is 52.6 Å². The third kappa shape index (κ3) is 3.13. The molecule has 102 valence electrons. The fourth-order valence-electron chi connectivity index (χ4n) is 1.78. The van der Waals surface area contributed by atoms with Crippen LogP contribution in [-0.2, 0) is 12.8 Å². The number of aromatic nitrogens is 3. The Hall–Kier alpha value is -1.11. The highest BCUT2D eigenvalue weighted by Crippen LogP contribution is 2.31. The summed E-state index contributed by atoms with van der Waals surface area (Å²) in [5.41, 5.74) is 2.40. The lowest BCUT2D eigenvalue weighted by atomic mass is 10.2. The number of benzene rings is 1. The number of thioether (sulfide) groups is 1. The Morgan fingerprint density at radius 1 is 1.20 bits per heavy atom. The van der Waals surface area contributed by atoms with Crippen molar-refractivity contribution in [2.75, 3.05) is 0 Å². The molecule has 0 aliphatic carbocycles. The lowest BCUT2D eigenvalue weighted by molar-refractivity contribution is 0.924. The number of aryl methyl sites for hydroxylation is 1. The number of hydrogen-bond acceptors (Lipinski definition) is 4.